The van der Waals surface area contributed by atoms with Crippen molar-refractivity contribution in [2.75, 3.05) is 0 Å². The third-order valence-electron chi connectivity index (χ3n) is 13.6. The molecule has 10 aliphatic rings. The molecule has 1 heterocycles. The fraction of sp³-hybridized carbons (Fsp3) is 0.333. The lowest BCUT2D eigenvalue weighted by molar-refractivity contribution is -0.0731. The summed E-state index contributed by atoms with van der Waals surface area (Å²) in [6, 6.07) is 8.93. The highest BCUT2D eigenvalue weighted by Crippen LogP contribution is 2.55. The van der Waals surface area contributed by atoms with Crippen LogP contribution in [0.5, 0.6) is 0 Å². The molecule has 8 atom stereocenters. The van der Waals surface area contributed by atoms with Crippen LogP contribution in [-0.4, -0.2) is 12.2 Å². The second kappa shape index (κ2) is 11.2. The lowest BCUT2D eigenvalue weighted by atomic mass is 9.59. The van der Waals surface area contributed by atoms with Crippen LogP contribution in [0, 0.1) is 35.5 Å². The van der Waals surface area contributed by atoms with E-state index in [1.165, 1.54) is 65.7 Å². The van der Waals surface area contributed by atoms with Crippen LogP contribution in [0.4, 0.5) is 0 Å². The molecule has 1 heteroatoms. The fourth-order valence-corrected chi connectivity index (χ4v) is 11.4. The van der Waals surface area contributed by atoms with Crippen molar-refractivity contribution in [2.45, 2.75) is 63.6 Å². The highest BCUT2D eigenvalue weighted by Gasteiger charge is 2.49. The molecular formula is C48H44O. The van der Waals surface area contributed by atoms with E-state index in [4.69, 9.17) is 4.74 Å². The average molecular weight is 637 g/mol. The Labute approximate surface area is 290 Å². The Kier molecular flexibility index (Phi) is 6.52. The zero-order valence-electron chi connectivity index (χ0n) is 28.2. The summed E-state index contributed by atoms with van der Waals surface area (Å²) in [5.41, 5.74) is 15.6. The van der Waals surface area contributed by atoms with Gasteiger partial charge in [0.05, 0.1) is 12.2 Å². The predicted molar refractivity (Wildman–Crippen MR) is 200 cm³/mol. The van der Waals surface area contributed by atoms with Gasteiger partial charge in [0.2, 0.25) is 0 Å². The van der Waals surface area contributed by atoms with E-state index in [0.29, 0.717) is 35.5 Å². The van der Waals surface area contributed by atoms with Crippen molar-refractivity contribution in [3.05, 3.63) is 176 Å². The standard InChI is InChI=1S/C48H44O/c1-2-10-30-25-31(20-19-29(30)9-1)32-21-23-39-40-24-22-34(27-45(40)38-14-6-5-13-37(38)44(39)26-32)36-15-7-18-43-42-17-8-16-41-35-12-4-3-11-33(35)28-46(47(41)42)49-48(36)43/h1,3-9,11-16,18,22,24-26,28,37-38,42-43,45-48H,2,10,17,19-21,23,27H2. The molecule has 0 aromatic heterocycles. The van der Waals surface area contributed by atoms with Crippen molar-refractivity contribution in [3.8, 4) is 0 Å². The molecule has 0 bridgehead atoms. The van der Waals surface area contributed by atoms with E-state index in [1.54, 1.807) is 39.0 Å². The van der Waals surface area contributed by atoms with Crippen LogP contribution in [0.15, 0.2) is 166 Å². The van der Waals surface area contributed by atoms with Crippen LogP contribution >= 0.6 is 0 Å². The minimum Gasteiger partial charge on any atom is -0.365 e. The van der Waals surface area contributed by atoms with Crippen LogP contribution in [-0.2, 0) is 4.74 Å². The van der Waals surface area contributed by atoms with Crippen molar-refractivity contribution in [3.63, 3.8) is 0 Å². The van der Waals surface area contributed by atoms with Gasteiger partial charge in [0, 0.05) is 17.8 Å². The third-order valence-corrected chi connectivity index (χ3v) is 13.6. The van der Waals surface area contributed by atoms with E-state index in [-0.39, 0.29) is 12.2 Å². The Morgan fingerprint density at radius 2 is 1.57 bits per heavy atom. The number of rotatable bonds is 2. The number of fused-ring (bicyclic) bond motifs is 8. The second-order valence-electron chi connectivity index (χ2n) is 15.9. The summed E-state index contributed by atoms with van der Waals surface area (Å²) >= 11 is 0. The molecule has 1 aromatic carbocycles. The lowest BCUT2D eigenvalue weighted by Gasteiger charge is -2.51. The number of hydrogen-bond donors (Lipinski definition) is 0. The van der Waals surface area contributed by atoms with Crippen LogP contribution in [0.25, 0.3) is 11.6 Å². The van der Waals surface area contributed by atoms with Gasteiger partial charge in [0.15, 0.2) is 0 Å². The first-order chi connectivity index (χ1) is 24.3. The van der Waals surface area contributed by atoms with Gasteiger partial charge in [-0.25, -0.2) is 0 Å². The minimum atomic E-state index is 0.113. The van der Waals surface area contributed by atoms with Gasteiger partial charge in [-0.2, -0.15) is 0 Å². The Bertz CT molecular complexity index is 2190. The number of hydrogen-bond acceptors (Lipinski definition) is 1. The molecule has 1 aromatic rings. The summed E-state index contributed by atoms with van der Waals surface area (Å²) in [5.74, 6) is 2.90. The molecular weight excluding hydrogens is 593 g/mol. The number of ether oxygens (including phenoxy) is 1. The summed E-state index contributed by atoms with van der Waals surface area (Å²) in [6.45, 7) is 0. The Morgan fingerprint density at radius 3 is 2.57 bits per heavy atom. The number of allylic oxidation sites excluding steroid dienone is 21. The van der Waals surface area contributed by atoms with Crippen LogP contribution in [0.1, 0.15) is 51.4 Å². The van der Waals surface area contributed by atoms with Gasteiger partial charge < -0.3 is 4.74 Å². The first-order valence-electron chi connectivity index (χ1n) is 19.1. The molecule has 8 unspecified atom stereocenters. The molecule has 0 N–H and O–H groups in total. The predicted octanol–water partition coefficient (Wildman–Crippen LogP) is 9.33. The summed E-state index contributed by atoms with van der Waals surface area (Å²) in [4.78, 5) is 0. The van der Waals surface area contributed by atoms with E-state index >= 15 is 0 Å². The maximum absolute atomic E-state index is 7.24. The van der Waals surface area contributed by atoms with Crippen LogP contribution in [0.3, 0.4) is 0 Å². The Hall–Kier alpha value is -4.20. The zero-order valence-corrected chi connectivity index (χ0v) is 28.2. The lowest BCUT2D eigenvalue weighted by Crippen LogP contribution is -2.53. The summed E-state index contributed by atoms with van der Waals surface area (Å²) < 4.78 is 7.24. The monoisotopic (exact) mass is 636 g/mol. The molecule has 0 spiro atoms. The molecule has 0 saturated carbocycles. The second-order valence-corrected chi connectivity index (χ2v) is 15.9. The molecule has 1 nitrogen and oxygen atoms in total. The van der Waals surface area contributed by atoms with E-state index in [0.717, 1.165) is 12.8 Å². The van der Waals surface area contributed by atoms with Gasteiger partial charge in [-0.05, 0) is 141 Å². The fourth-order valence-electron chi connectivity index (χ4n) is 11.4. The van der Waals surface area contributed by atoms with Crippen molar-refractivity contribution in [2.24, 2.45) is 35.5 Å². The van der Waals surface area contributed by atoms with E-state index in [9.17, 15) is 0 Å². The van der Waals surface area contributed by atoms with Gasteiger partial charge in [-0.15, -0.1) is 0 Å². The highest BCUT2D eigenvalue weighted by molar-refractivity contribution is 5.67. The van der Waals surface area contributed by atoms with E-state index in [2.05, 4.69) is 121 Å². The molecule has 0 amide bonds. The summed E-state index contributed by atoms with van der Waals surface area (Å²) in [5, 5.41) is 2.73. The molecule has 0 radical (unpaired) electrons. The van der Waals surface area contributed by atoms with Crippen molar-refractivity contribution >= 4 is 11.6 Å². The highest BCUT2D eigenvalue weighted by atomic mass is 16.5. The van der Waals surface area contributed by atoms with E-state index in [1.807, 2.05) is 0 Å². The van der Waals surface area contributed by atoms with Gasteiger partial charge in [-0.3, -0.25) is 0 Å². The van der Waals surface area contributed by atoms with Gasteiger partial charge in [0.1, 0.15) is 0 Å². The molecule has 9 aliphatic carbocycles. The first kappa shape index (κ1) is 28.6. The molecule has 242 valence electrons. The Balaban J connectivity index is 0.949. The normalized spacial score (nSPS) is 36.0. The maximum atomic E-state index is 7.24. The van der Waals surface area contributed by atoms with Crippen molar-refractivity contribution in [1.29, 1.82) is 0 Å². The van der Waals surface area contributed by atoms with Crippen LogP contribution < -0.4 is 10.4 Å². The van der Waals surface area contributed by atoms with Gasteiger partial charge >= 0.3 is 0 Å². The molecule has 49 heavy (non-hydrogen) atoms. The van der Waals surface area contributed by atoms with Gasteiger partial charge in [-0.1, -0.05) is 115 Å². The summed E-state index contributed by atoms with van der Waals surface area (Å²) in [7, 11) is 0. The number of benzene rings is 1. The molecule has 1 saturated heterocycles. The largest absolute Gasteiger partial charge is 0.365 e. The topological polar surface area (TPSA) is 9.23 Å². The average Bonchev–Trinajstić information content (AvgIpc) is 3.17. The zero-order chi connectivity index (χ0) is 32.1. The molecule has 1 fully saturated rings. The van der Waals surface area contributed by atoms with E-state index < -0.39 is 0 Å². The SMILES string of the molecule is C1=CC2C3=C(CCC(C4=CC5=C(C=CCC5)CC4)=C3)C3=CC=C(C4=CC=CC5C4OC4C=c6ccccc6=C6C=CCC5C64)CC3C2C=C1. The molecule has 11 rings (SSSR count). The minimum absolute atomic E-state index is 0.113. The Morgan fingerprint density at radius 1 is 0.673 bits per heavy atom. The third kappa shape index (κ3) is 4.41. The van der Waals surface area contributed by atoms with Crippen LogP contribution in [0.2, 0.25) is 0 Å². The maximum Gasteiger partial charge on any atom is 0.0901 e. The smallest absolute Gasteiger partial charge is 0.0901 e. The first-order valence-corrected chi connectivity index (χ1v) is 19.1. The van der Waals surface area contributed by atoms with Crippen molar-refractivity contribution in [1.82, 2.24) is 0 Å². The quantitative estimate of drug-likeness (QED) is 0.314. The summed E-state index contributed by atoms with van der Waals surface area (Å²) in [6.07, 6.45) is 48.7. The van der Waals surface area contributed by atoms with Gasteiger partial charge in [0.25, 0.3) is 0 Å². The molecule has 1 aliphatic heterocycles. The van der Waals surface area contributed by atoms with Crippen molar-refractivity contribution < 1.29 is 4.74 Å².